The summed E-state index contributed by atoms with van der Waals surface area (Å²) in [5, 5.41) is 9.62. The van der Waals surface area contributed by atoms with E-state index in [1.165, 1.54) is 5.56 Å². The quantitative estimate of drug-likeness (QED) is 0.399. The lowest BCUT2D eigenvalue weighted by molar-refractivity contribution is -0.144. The van der Waals surface area contributed by atoms with Gasteiger partial charge < -0.3 is 9.52 Å². The highest BCUT2D eigenvalue weighted by atomic mass is 16.4. The number of piperidine rings is 1. The highest BCUT2D eigenvalue weighted by Crippen LogP contribution is 2.34. The lowest BCUT2D eigenvalue weighted by Gasteiger charge is -2.33. The van der Waals surface area contributed by atoms with Crippen molar-refractivity contribution in [2.75, 3.05) is 6.54 Å². The van der Waals surface area contributed by atoms with Crippen molar-refractivity contribution in [1.82, 2.24) is 9.88 Å². The number of carboxylic acids is 1. The zero-order valence-electron chi connectivity index (χ0n) is 19.0. The SMILES string of the molecule is Cc1cc2oc(-c3cccc(-c4ccccc4)c3C)nc2cc1CN1CCCC[C@H]1C(=O)O. The summed E-state index contributed by atoms with van der Waals surface area (Å²) in [6, 6.07) is 20.2. The Kier molecular flexibility index (Phi) is 5.73. The summed E-state index contributed by atoms with van der Waals surface area (Å²) in [6.07, 6.45) is 2.72. The van der Waals surface area contributed by atoms with Crippen LogP contribution >= 0.6 is 0 Å². The number of carboxylic acid groups (broad SMARTS) is 1. The van der Waals surface area contributed by atoms with Gasteiger partial charge in [0.2, 0.25) is 5.89 Å². The molecular weight excluding hydrogens is 412 g/mol. The minimum Gasteiger partial charge on any atom is -0.480 e. The van der Waals surface area contributed by atoms with Crippen LogP contribution in [0, 0.1) is 13.8 Å². The molecule has 0 aliphatic carbocycles. The number of fused-ring (bicyclic) bond motifs is 1. The Hall–Kier alpha value is -3.44. The monoisotopic (exact) mass is 440 g/mol. The van der Waals surface area contributed by atoms with Crippen LogP contribution in [0.1, 0.15) is 36.0 Å². The molecule has 5 rings (SSSR count). The summed E-state index contributed by atoms with van der Waals surface area (Å²) >= 11 is 0. The predicted molar refractivity (Wildman–Crippen MR) is 130 cm³/mol. The highest BCUT2D eigenvalue weighted by Gasteiger charge is 2.28. The molecule has 5 heteroatoms. The van der Waals surface area contributed by atoms with E-state index >= 15 is 0 Å². The van der Waals surface area contributed by atoms with Crippen LogP contribution in [0.15, 0.2) is 65.1 Å². The van der Waals surface area contributed by atoms with Gasteiger partial charge in [-0.15, -0.1) is 0 Å². The Morgan fingerprint density at radius 1 is 1.06 bits per heavy atom. The number of likely N-dealkylation sites (tertiary alicyclic amines) is 1. The normalized spacial score (nSPS) is 16.8. The second-order valence-corrected chi connectivity index (χ2v) is 8.93. The van der Waals surface area contributed by atoms with Gasteiger partial charge in [0.1, 0.15) is 11.6 Å². The first kappa shape index (κ1) is 21.4. The summed E-state index contributed by atoms with van der Waals surface area (Å²) in [5.74, 6) is -0.121. The van der Waals surface area contributed by atoms with Gasteiger partial charge in [-0.3, -0.25) is 9.69 Å². The van der Waals surface area contributed by atoms with Crippen molar-refractivity contribution in [3.63, 3.8) is 0 Å². The molecule has 0 saturated carbocycles. The molecule has 4 aromatic rings. The van der Waals surface area contributed by atoms with Crippen LogP contribution in [0.3, 0.4) is 0 Å². The van der Waals surface area contributed by atoms with Crippen molar-refractivity contribution >= 4 is 17.1 Å². The van der Waals surface area contributed by atoms with E-state index in [0.29, 0.717) is 18.9 Å². The molecule has 0 unspecified atom stereocenters. The van der Waals surface area contributed by atoms with E-state index in [1.54, 1.807) is 0 Å². The van der Waals surface area contributed by atoms with E-state index in [9.17, 15) is 9.90 Å². The standard InChI is InChI=1S/C28H28N2O3/c1-18-15-26-24(16-21(18)17-30-14-7-6-13-25(30)28(31)32)29-27(33-26)23-12-8-11-22(19(23)2)20-9-4-3-5-10-20/h3-5,8-12,15-16,25H,6-7,13-14,17H2,1-2H3,(H,31,32)/t25-/m0/s1. The van der Waals surface area contributed by atoms with Crippen molar-refractivity contribution in [1.29, 1.82) is 0 Å². The van der Waals surface area contributed by atoms with Gasteiger partial charge in [0, 0.05) is 12.1 Å². The van der Waals surface area contributed by atoms with Crippen molar-refractivity contribution in [2.24, 2.45) is 0 Å². The fourth-order valence-corrected chi connectivity index (χ4v) is 4.88. The molecule has 33 heavy (non-hydrogen) atoms. The summed E-state index contributed by atoms with van der Waals surface area (Å²) in [7, 11) is 0. The second kappa shape index (κ2) is 8.83. The highest BCUT2D eigenvalue weighted by molar-refractivity contribution is 5.81. The third kappa shape index (κ3) is 4.16. The minimum absolute atomic E-state index is 0.412. The summed E-state index contributed by atoms with van der Waals surface area (Å²) in [6.45, 7) is 5.58. The van der Waals surface area contributed by atoms with Crippen molar-refractivity contribution in [3.8, 4) is 22.6 Å². The van der Waals surface area contributed by atoms with Gasteiger partial charge in [-0.1, -0.05) is 48.9 Å². The fourth-order valence-electron chi connectivity index (χ4n) is 4.88. The number of aromatic nitrogens is 1. The maximum Gasteiger partial charge on any atom is 0.320 e. The van der Waals surface area contributed by atoms with Crippen molar-refractivity contribution < 1.29 is 14.3 Å². The fraction of sp³-hybridized carbons (Fsp3) is 0.286. The second-order valence-electron chi connectivity index (χ2n) is 8.93. The molecule has 0 radical (unpaired) electrons. The third-order valence-electron chi connectivity index (χ3n) is 6.77. The third-order valence-corrected chi connectivity index (χ3v) is 6.77. The Morgan fingerprint density at radius 2 is 1.85 bits per heavy atom. The van der Waals surface area contributed by atoms with Crippen LogP contribution in [0.25, 0.3) is 33.7 Å². The molecule has 1 aromatic heterocycles. The Balaban J connectivity index is 1.49. The zero-order valence-corrected chi connectivity index (χ0v) is 19.0. The predicted octanol–water partition coefficient (Wildman–Crippen LogP) is 6.22. The zero-order chi connectivity index (χ0) is 22.9. The number of hydrogen-bond donors (Lipinski definition) is 1. The van der Waals surface area contributed by atoms with Crippen LogP contribution in [-0.2, 0) is 11.3 Å². The Morgan fingerprint density at radius 3 is 2.64 bits per heavy atom. The number of benzene rings is 3. The summed E-state index contributed by atoms with van der Waals surface area (Å²) < 4.78 is 6.19. The molecule has 1 fully saturated rings. The van der Waals surface area contributed by atoms with E-state index in [0.717, 1.165) is 58.3 Å². The number of hydrogen-bond acceptors (Lipinski definition) is 4. The van der Waals surface area contributed by atoms with E-state index in [4.69, 9.17) is 9.40 Å². The van der Waals surface area contributed by atoms with E-state index < -0.39 is 12.0 Å². The number of nitrogens with zero attached hydrogens (tertiary/aromatic N) is 2. The molecule has 1 aliphatic heterocycles. The van der Waals surface area contributed by atoms with Crippen LogP contribution in [0.5, 0.6) is 0 Å². The topological polar surface area (TPSA) is 66.6 Å². The van der Waals surface area contributed by atoms with E-state index in [1.807, 2.05) is 36.4 Å². The van der Waals surface area contributed by atoms with Gasteiger partial charge in [0.15, 0.2) is 5.58 Å². The number of rotatable bonds is 5. The molecule has 1 atom stereocenters. The molecule has 0 spiro atoms. The first-order valence-electron chi connectivity index (χ1n) is 11.5. The Bertz CT molecular complexity index is 1310. The lowest BCUT2D eigenvalue weighted by atomic mass is 9.96. The van der Waals surface area contributed by atoms with Crippen LogP contribution in [-0.4, -0.2) is 33.5 Å². The van der Waals surface area contributed by atoms with Crippen LogP contribution < -0.4 is 0 Å². The first-order valence-corrected chi connectivity index (χ1v) is 11.5. The average Bonchev–Trinajstić information content (AvgIpc) is 3.22. The molecule has 5 nitrogen and oxygen atoms in total. The maximum atomic E-state index is 11.7. The van der Waals surface area contributed by atoms with Gasteiger partial charge in [0.05, 0.1) is 0 Å². The molecule has 1 N–H and O–H groups in total. The number of aryl methyl sites for hydroxylation is 1. The number of aliphatic carboxylic acids is 1. The minimum atomic E-state index is -0.731. The van der Waals surface area contributed by atoms with Gasteiger partial charge in [0.25, 0.3) is 0 Å². The molecule has 0 amide bonds. The molecule has 168 valence electrons. The Labute approximate surface area is 193 Å². The largest absolute Gasteiger partial charge is 0.480 e. The van der Waals surface area contributed by atoms with E-state index in [2.05, 4.69) is 43.0 Å². The molecule has 1 saturated heterocycles. The number of oxazole rings is 1. The molecule has 0 bridgehead atoms. The molecule has 1 aliphatic rings. The van der Waals surface area contributed by atoms with Crippen LogP contribution in [0.4, 0.5) is 0 Å². The summed E-state index contributed by atoms with van der Waals surface area (Å²) in [5.41, 5.74) is 8.19. The van der Waals surface area contributed by atoms with Gasteiger partial charge in [-0.2, -0.15) is 0 Å². The van der Waals surface area contributed by atoms with Crippen molar-refractivity contribution in [3.05, 3.63) is 77.4 Å². The maximum absolute atomic E-state index is 11.7. The first-order chi connectivity index (χ1) is 16.0. The lowest BCUT2D eigenvalue weighted by Crippen LogP contribution is -2.44. The van der Waals surface area contributed by atoms with E-state index in [-0.39, 0.29) is 0 Å². The summed E-state index contributed by atoms with van der Waals surface area (Å²) in [4.78, 5) is 18.6. The van der Waals surface area contributed by atoms with Gasteiger partial charge in [-0.25, -0.2) is 4.98 Å². The van der Waals surface area contributed by atoms with Gasteiger partial charge in [-0.05, 0) is 79.3 Å². The molecular formula is C28H28N2O3. The van der Waals surface area contributed by atoms with Crippen LogP contribution in [0.2, 0.25) is 0 Å². The molecule has 3 aromatic carbocycles. The molecule has 2 heterocycles. The smallest absolute Gasteiger partial charge is 0.320 e. The van der Waals surface area contributed by atoms with Gasteiger partial charge >= 0.3 is 5.97 Å². The average molecular weight is 441 g/mol. The number of carbonyl (C=O) groups is 1. The van der Waals surface area contributed by atoms with Crippen molar-refractivity contribution in [2.45, 2.75) is 45.7 Å².